The molecule has 0 saturated carbocycles. The molecule has 78 valence electrons. The molecule has 0 aliphatic heterocycles. The first-order chi connectivity index (χ1) is 6.65. The molecule has 0 radical (unpaired) electrons. The molecule has 0 atom stereocenters. The Morgan fingerprint density at radius 3 is 2.71 bits per heavy atom. The zero-order valence-corrected chi connectivity index (χ0v) is 9.29. The molecule has 1 aromatic carbocycles. The molecule has 14 heavy (non-hydrogen) atoms. The number of halogens is 2. The summed E-state index contributed by atoms with van der Waals surface area (Å²) in [5.41, 5.74) is 1.26. The van der Waals surface area contributed by atoms with Crippen molar-refractivity contribution in [1.82, 2.24) is 0 Å². The first kappa shape index (κ1) is 11.3. The standard InChI is InChI=1S/C11H15ClFN/c1-3-4-5-14-9-6-10(12)8(2)11(13)7-9/h6-7,14H,3-5H2,1-2H3. The Morgan fingerprint density at radius 1 is 1.43 bits per heavy atom. The molecule has 0 aliphatic carbocycles. The lowest BCUT2D eigenvalue weighted by molar-refractivity contribution is 0.619. The maximum atomic E-state index is 13.2. The molecule has 1 aromatic rings. The van der Waals surface area contributed by atoms with E-state index in [1.54, 1.807) is 13.0 Å². The summed E-state index contributed by atoms with van der Waals surface area (Å²) in [6, 6.07) is 3.24. The van der Waals surface area contributed by atoms with E-state index in [1.807, 2.05) is 0 Å². The van der Waals surface area contributed by atoms with Crippen LogP contribution in [0.5, 0.6) is 0 Å². The van der Waals surface area contributed by atoms with Gasteiger partial charge in [0.2, 0.25) is 0 Å². The zero-order chi connectivity index (χ0) is 10.6. The van der Waals surface area contributed by atoms with Crippen LogP contribution in [-0.4, -0.2) is 6.54 Å². The lowest BCUT2D eigenvalue weighted by Gasteiger charge is -2.08. The molecule has 3 heteroatoms. The van der Waals surface area contributed by atoms with E-state index in [9.17, 15) is 4.39 Å². The topological polar surface area (TPSA) is 12.0 Å². The highest BCUT2D eigenvalue weighted by atomic mass is 35.5. The summed E-state index contributed by atoms with van der Waals surface area (Å²) in [7, 11) is 0. The second kappa shape index (κ2) is 5.20. The Hall–Kier alpha value is -0.760. The summed E-state index contributed by atoms with van der Waals surface area (Å²) >= 11 is 5.85. The van der Waals surface area contributed by atoms with Crippen molar-refractivity contribution in [3.63, 3.8) is 0 Å². The monoisotopic (exact) mass is 215 g/mol. The van der Waals surface area contributed by atoms with Crippen molar-refractivity contribution in [3.8, 4) is 0 Å². The first-order valence-corrected chi connectivity index (χ1v) is 5.22. The van der Waals surface area contributed by atoms with Crippen LogP contribution in [0.15, 0.2) is 12.1 Å². The average molecular weight is 216 g/mol. The molecule has 0 fully saturated rings. The van der Waals surface area contributed by atoms with Crippen molar-refractivity contribution in [1.29, 1.82) is 0 Å². The Bertz CT molecular complexity index is 289. The van der Waals surface area contributed by atoms with E-state index in [-0.39, 0.29) is 5.82 Å². The van der Waals surface area contributed by atoms with Gasteiger partial charge >= 0.3 is 0 Å². The van der Waals surface area contributed by atoms with E-state index in [0.717, 1.165) is 25.1 Å². The number of nitrogens with one attached hydrogen (secondary N) is 1. The summed E-state index contributed by atoms with van der Waals surface area (Å²) in [4.78, 5) is 0. The smallest absolute Gasteiger partial charge is 0.129 e. The highest BCUT2D eigenvalue weighted by molar-refractivity contribution is 6.31. The predicted molar refractivity (Wildman–Crippen MR) is 59.5 cm³/mol. The third kappa shape index (κ3) is 2.88. The maximum absolute atomic E-state index is 13.2. The van der Waals surface area contributed by atoms with Crippen LogP contribution in [0, 0.1) is 12.7 Å². The number of benzene rings is 1. The lowest BCUT2D eigenvalue weighted by atomic mass is 10.2. The van der Waals surface area contributed by atoms with Crippen LogP contribution in [0.2, 0.25) is 5.02 Å². The van der Waals surface area contributed by atoms with Gasteiger partial charge in [0.05, 0.1) is 0 Å². The van der Waals surface area contributed by atoms with Crippen LogP contribution in [0.25, 0.3) is 0 Å². The molecular weight excluding hydrogens is 201 g/mol. The molecule has 1 nitrogen and oxygen atoms in total. The molecule has 0 aromatic heterocycles. The normalized spacial score (nSPS) is 10.3. The Kier molecular flexibility index (Phi) is 4.21. The van der Waals surface area contributed by atoms with Gasteiger partial charge in [-0.15, -0.1) is 0 Å². The highest BCUT2D eigenvalue weighted by Crippen LogP contribution is 2.23. The van der Waals surface area contributed by atoms with Crippen LogP contribution < -0.4 is 5.32 Å². The fraction of sp³-hybridized carbons (Fsp3) is 0.455. The zero-order valence-electron chi connectivity index (χ0n) is 8.53. The summed E-state index contributed by atoms with van der Waals surface area (Å²) in [6.07, 6.45) is 2.20. The van der Waals surface area contributed by atoms with Crippen molar-refractivity contribution in [3.05, 3.63) is 28.5 Å². The van der Waals surface area contributed by atoms with Gasteiger partial charge in [-0.2, -0.15) is 0 Å². The van der Waals surface area contributed by atoms with Gasteiger partial charge < -0.3 is 5.32 Å². The number of hydrogen-bond donors (Lipinski definition) is 1. The largest absolute Gasteiger partial charge is 0.385 e. The minimum atomic E-state index is -0.253. The Labute approximate surface area is 89.3 Å². The molecule has 1 rings (SSSR count). The van der Waals surface area contributed by atoms with Crippen molar-refractivity contribution in [2.45, 2.75) is 26.7 Å². The lowest BCUT2D eigenvalue weighted by Crippen LogP contribution is -2.01. The molecule has 0 amide bonds. The van der Waals surface area contributed by atoms with Crippen LogP contribution in [0.4, 0.5) is 10.1 Å². The second-order valence-corrected chi connectivity index (χ2v) is 3.75. The van der Waals surface area contributed by atoms with Crippen LogP contribution >= 0.6 is 11.6 Å². The summed E-state index contributed by atoms with van der Waals surface area (Å²) in [6.45, 7) is 4.65. The third-order valence-corrected chi connectivity index (χ3v) is 2.53. The van der Waals surface area contributed by atoms with E-state index >= 15 is 0 Å². The number of hydrogen-bond acceptors (Lipinski definition) is 1. The molecule has 0 unspecified atom stereocenters. The number of rotatable bonds is 4. The number of anilines is 1. The SMILES string of the molecule is CCCCNc1cc(F)c(C)c(Cl)c1. The molecule has 1 N–H and O–H groups in total. The molecule has 0 spiro atoms. The van der Waals surface area contributed by atoms with E-state index in [1.165, 1.54) is 6.07 Å². The first-order valence-electron chi connectivity index (χ1n) is 4.84. The summed E-state index contributed by atoms with van der Waals surface area (Å²) in [5, 5.41) is 3.61. The van der Waals surface area contributed by atoms with Gasteiger partial charge in [-0.05, 0) is 25.5 Å². The quantitative estimate of drug-likeness (QED) is 0.749. The molecule has 0 bridgehead atoms. The fourth-order valence-corrected chi connectivity index (χ4v) is 1.36. The van der Waals surface area contributed by atoms with Crippen molar-refractivity contribution in [2.24, 2.45) is 0 Å². The second-order valence-electron chi connectivity index (χ2n) is 3.35. The van der Waals surface area contributed by atoms with Gasteiger partial charge in [0.15, 0.2) is 0 Å². The van der Waals surface area contributed by atoms with Gasteiger partial charge in [0.25, 0.3) is 0 Å². The van der Waals surface area contributed by atoms with E-state index < -0.39 is 0 Å². The van der Waals surface area contributed by atoms with Crippen molar-refractivity contribution in [2.75, 3.05) is 11.9 Å². The predicted octanol–water partition coefficient (Wildman–Crippen LogP) is 4.00. The minimum Gasteiger partial charge on any atom is -0.385 e. The molecule has 0 heterocycles. The Balaban J connectivity index is 2.69. The van der Waals surface area contributed by atoms with Crippen LogP contribution in [0.3, 0.4) is 0 Å². The van der Waals surface area contributed by atoms with Crippen LogP contribution in [-0.2, 0) is 0 Å². The van der Waals surface area contributed by atoms with Gasteiger partial charge in [0, 0.05) is 22.8 Å². The van der Waals surface area contributed by atoms with Gasteiger partial charge in [-0.1, -0.05) is 24.9 Å². The molecule has 0 saturated heterocycles. The third-order valence-electron chi connectivity index (χ3n) is 2.14. The Morgan fingerprint density at radius 2 is 2.14 bits per heavy atom. The number of unbranched alkanes of at least 4 members (excludes halogenated alkanes) is 1. The minimum absolute atomic E-state index is 0.253. The van der Waals surface area contributed by atoms with Crippen LogP contribution in [0.1, 0.15) is 25.3 Å². The molecule has 0 aliphatic rings. The maximum Gasteiger partial charge on any atom is 0.129 e. The molecular formula is C11H15ClFN. The van der Waals surface area contributed by atoms with E-state index in [2.05, 4.69) is 12.2 Å². The highest BCUT2D eigenvalue weighted by Gasteiger charge is 2.04. The van der Waals surface area contributed by atoms with Gasteiger partial charge in [0.1, 0.15) is 5.82 Å². The van der Waals surface area contributed by atoms with E-state index in [0.29, 0.717) is 10.6 Å². The fourth-order valence-electron chi connectivity index (χ4n) is 1.16. The summed E-state index contributed by atoms with van der Waals surface area (Å²) in [5.74, 6) is -0.253. The van der Waals surface area contributed by atoms with Gasteiger partial charge in [-0.3, -0.25) is 0 Å². The van der Waals surface area contributed by atoms with Crippen molar-refractivity contribution >= 4 is 17.3 Å². The summed E-state index contributed by atoms with van der Waals surface area (Å²) < 4.78 is 13.2. The van der Waals surface area contributed by atoms with Gasteiger partial charge in [-0.25, -0.2) is 4.39 Å². The average Bonchev–Trinajstić information content (AvgIpc) is 2.14. The van der Waals surface area contributed by atoms with Crippen molar-refractivity contribution < 1.29 is 4.39 Å². The van der Waals surface area contributed by atoms with E-state index in [4.69, 9.17) is 11.6 Å².